The summed E-state index contributed by atoms with van der Waals surface area (Å²) >= 11 is 9.73. The second-order valence-electron chi connectivity index (χ2n) is 7.31. The van der Waals surface area contributed by atoms with Gasteiger partial charge in [0.15, 0.2) is 23.0 Å². The van der Waals surface area contributed by atoms with Gasteiger partial charge in [-0.2, -0.15) is 5.10 Å². The van der Waals surface area contributed by atoms with Crippen molar-refractivity contribution >= 4 is 39.7 Å². The first-order chi connectivity index (χ1) is 17.5. The van der Waals surface area contributed by atoms with Crippen molar-refractivity contribution in [2.75, 3.05) is 20.3 Å². The second-order valence-corrected chi connectivity index (χ2v) is 8.57. The number of halogens is 2. The van der Waals surface area contributed by atoms with Crippen molar-refractivity contribution in [3.63, 3.8) is 0 Å². The Balaban J connectivity index is 1.69. The molecule has 0 saturated carbocycles. The molecule has 0 atom stereocenters. The Morgan fingerprint density at radius 1 is 1.08 bits per heavy atom. The van der Waals surface area contributed by atoms with E-state index in [2.05, 4.69) is 33.0 Å². The minimum absolute atomic E-state index is 0.277. The summed E-state index contributed by atoms with van der Waals surface area (Å²) in [6.45, 7) is 6.53. The molecule has 0 spiro atoms. The summed E-state index contributed by atoms with van der Waals surface area (Å²) in [7, 11) is 1.55. The number of carbonyl (C=O) groups is 1. The van der Waals surface area contributed by atoms with Crippen LogP contribution in [-0.4, -0.2) is 32.4 Å². The molecule has 1 amide bonds. The van der Waals surface area contributed by atoms with E-state index in [0.717, 1.165) is 5.56 Å². The van der Waals surface area contributed by atoms with Gasteiger partial charge in [0.2, 0.25) is 0 Å². The standard InChI is InChI=1S/C27H26BrClN2O5/c1-4-12-35-23-11-10-19(15-24(23)34-5-2)27(32)31-30-16-18-13-21(28)26(25(14-18)33-3)36-17-20-8-6-7-9-22(20)29/h4,6-11,13-16H,1,5,12,17H2,2-3H3,(H,31,32)/b30-16+. The maximum atomic E-state index is 12.6. The third kappa shape index (κ3) is 7.26. The lowest BCUT2D eigenvalue weighted by Crippen LogP contribution is -2.17. The quantitative estimate of drug-likeness (QED) is 0.154. The van der Waals surface area contributed by atoms with Crippen LogP contribution in [0.5, 0.6) is 23.0 Å². The number of benzene rings is 3. The molecule has 3 rings (SSSR count). The fourth-order valence-corrected chi connectivity index (χ4v) is 3.90. The maximum Gasteiger partial charge on any atom is 0.271 e. The number of nitrogens with zero attached hydrogens (tertiary/aromatic N) is 1. The minimum Gasteiger partial charge on any atom is -0.493 e. The molecule has 0 fully saturated rings. The Kier molecular flexibility index (Phi) is 10.2. The molecular formula is C27H26BrClN2O5. The minimum atomic E-state index is -0.395. The number of hydrogen-bond donors (Lipinski definition) is 1. The van der Waals surface area contributed by atoms with E-state index in [1.807, 2.05) is 31.2 Å². The molecule has 0 unspecified atom stereocenters. The largest absolute Gasteiger partial charge is 0.493 e. The molecule has 7 nitrogen and oxygen atoms in total. The Labute approximate surface area is 223 Å². The van der Waals surface area contributed by atoms with Gasteiger partial charge in [0.25, 0.3) is 5.91 Å². The fourth-order valence-electron chi connectivity index (χ4n) is 3.14. The third-order valence-electron chi connectivity index (χ3n) is 4.82. The Hall–Kier alpha value is -3.49. The van der Waals surface area contributed by atoms with E-state index in [0.29, 0.717) is 56.8 Å². The summed E-state index contributed by atoms with van der Waals surface area (Å²) in [5.41, 5.74) is 4.44. The highest BCUT2D eigenvalue weighted by Crippen LogP contribution is 2.37. The maximum absolute atomic E-state index is 12.6. The summed E-state index contributed by atoms with van der Waals surface area (Å²) in [4.78, 5) is 12.6. The van der Waals surface area contributed by atoms with Crippen LogP contribution in [0.4, 0.5) is 0 Å². The molecule has 0 bridgehead atoms. The van der Waals surface area contributed by atoms with Crippen LogP contribution in [0.2, 0.25) is 5.02 Å². The van der Waals surface area contributed by atoms with Crippen LogP contribution in [0.1, 0.15) is 28.4 Å². The highest BCUT2D eigenvalue weighted by molar-refractivity contribution is 9.10. The van der Waals surface area contributed by atoms with Crippen molar-refractivity contribution in [1.82, 2.24) is 5.43 Å². The summed E-state index contributed by atoms with van der Waals surface area (Å²) < 4.78 is 23.3. The van der Waals surface area contributed by atoms with Gasteiger partial charge in [-0.15, -0.1) is 0 Å². The number of carbonyl (C=O) groups excluding carboxylic acids is 1. The molecule has 9 heteroatoms. The molecule has 0 aliphatic heterocycles. The van der Waals surface area contributed by atoms with Gasteiger partial charge in [-0.05, 0) is 64.8 Å². The van der Waals surface area contributed by atoms with Crippen LogP contribution in [-0.2, 0) is 6.61 Å². The summed E-state index contributed by atoms with van der Waals surface area (Å²) in [5, 5.41) is 4.70. The van der Waals surface area contributed by atoms with Gasteiger partial charge in [0.1, 0.15) is 13.2 Å². The lowest BCUT2D eigenvalue weighted by atomic mass is 10.2. The van der Waals surface area contributed by atoms with Crippen molar-refractivity contribution in [2.24, 2.45) is 5.10 Å². The number of hydrogen-bond acceptors (Lipinski definition) is 6. The van der Waals surface area contributed by atoms with E-state index in [-0.39, 0.29) is 6.61 Å². The molecule has 0 aromatic heterocycles. The van der Waals surface area contributed by atoms with Crippen molar-refractivity contribution < 1.29 is 23.7 Å². The molecule has 1 N–H and O–H groups in total. The number of amides is 1. The van der Waals surface area contributed by atoms with Gasteiger partial charge in [-0.25, -0.2) is 5.43 Å². The predicted molar refractivity (Wildman–Crippen MR) is 145 cm³/mol. The first-order valence-corrected chi connectivity index (χ1v) is 12.2. The van der Waals surface area contributed by atoms with Crippen LogP contribution < -0.4 is 24.4 Å². The van der Waals surface area contributed by atoms with Crippen molar-refractivity contribution in [3.05, 3.63) is 93.4 Å². The first kappa shape index (κ1) is 27.1. The molecule has 3 aromatic carbocycles. The van der Waals surface area contributed by atoms with Crippen LogP contribution in [0, 0.1) is 0 Å². The average Bonchev–Trinajstić information content (AvgIpc) is 2.88. The van der Waals surface area contributed by atoms with Crippen LogP contribution >= 0.6 is 27.5 Å². The van der Waals surface area contributed by atoms with Gasteiger partial charge < -0.3 is 18.9 Å². The highest BCUT2D eigenvalue weighted by atomic mass is 79.9. The lowest BCUT2D eigenvalue weighted by molar-refractivity contribution is 0.0954. The van der Waals surface area contributed by atoms with E-state index >= 15 is 0 Å². The Morgan fingerprint density at radius 3 is 2.61 bits per heavy atom. The lowest BCUT2D eigenvalue weighted by Gasteiger charge is -2.14. The molecule has 0 heterocycles. The van der Waals surface area contributed by atoms with E-state index in [1.54, 1.807) is 43.5 Å². The van der Waals surface area contributed by atoms with Crippen LogP contribution in [0.25, 0.3) is 0 Å². The fraction of sp³-hybridized carbons (Fsp3) is 0.185. The monoisotopic (exact) mass is 572 g/mol. The van der Waals surface area contributed by atoms with E-state index in [1.165, 1.54) is 6.21 Å². The predicted octanol–water partition coefficient (Wildman–Crippen LogP) is 6.42. The number of ether oxygens (including phenoxy) is 4. The number of hydrazone groups is 1. The molecular weight excluding hydrogens is 548 g/mol. The molecule has 0 aliphatic carbocycles. The van der Waals surface area contributed by atoms with Crippen molar-refractivity contribution in [3.8, 4) is 23.0 Å². The Morgan fingerprint density at radius 2 is 1.89 bits per heavy atom. The summed E-state index contributed by atoms with van der Waals surface area (Å²) in [6.07, 6.45) is 3.14. The summed E-state index contributed by atoms with van der Waals surface area (Å²) in [6, 6.07) is 15.9. The SMILES string of the molecule is C=CCOc1ccc(C(=O)N/N=C/c2cc(Br)c(OCc3ccccc3Cl)c(OC)c2)cc1OCC. The molecule has 0 saturated heterocycles. The van der Waals surface area contributed by atoms with E-state index < -0.39 is 5.91 Å². The molecule has 188 valence electrons. The van der Waals surface area contributed by atoms with Crippen LogP contribution in [0.15, 0.2) is 76.8 Å². The molecule has 36 heavy (non-hydrogen) atoms. The number of rotatable bonds is 12. The van der Waals surface area contributed by atoms with E-state index in [4.69, 9.17) is 30.5 Å². The van der Waals surface area contributed by atoms with Gasteiger partial charge in [-0.3, -0.25) is 4.79 Å². The number of nitrogens with one attached hydrogen (secondary N) is 1. The average molecular weight is 574 g/mol. The third-order valence-corrected chi connectivity index (χ3v) is 5.78. The zero-order chi connectivity index (χ0) is 25.9. The second kappa shape index (κ2) is 13.6. The van der Waals surface area contributed by atoms with Gasteiger partial charge in [0.05, 0.1) is 24.4 Å². The van der Waals surface area contributed by atoms with Crippen molar-refractivity contribution in [1.29, 1.82) is 0 Å². The summed E-state index contributed by atoms with van der Waals surface area (Å²) in [5.74, 6) is 1.64. The van der Waals surface area contributed by atoms with E-state index in [9.17, 15) is 4.79 Å². The van der Waals surface area contributed by atoms with Crippen LogP contribution in [0.3, 0.4) is 0 Å². The Bertz CT molecular complexity index is 1250. The number of methoxy groups -OCH3 is 1. The highest BCUT2D eigenvalue weighted by Gasteiger charge is 2.13. The molecule has 0 radical (unpaired) electrons. The van der Waals surface area contributed by atoms with Gasteiger partial charge >= 0.3 is 0 Å². The smallest absolute Gasteiger partial charge is 0.271 e. The zero-order valence-corrected chi connectivity index (χ0v) is 22.3. The molecule has 0 aliphatic rings. The normalized spacial score (nSPS) is 10.7. The van der Waals surface area contributed by atoms with Gasteiger partial charge in [-0.1, -0.05) is 42.5 Å². The first-order valence-electron chi connectivity index (χ1n) is 11.0. The molecule has 3 aromatic rings. The van der Waals surface area contributed by atoms with Crippen molar-refractivity contribution in [2.45, 2.75) is 13.5 Å². The topological polar surface area (TPSA) is 78.4 Å². The van der Waals surface area contributed by atoms with Gasteiger partial charge in [0, 0.05) is 16.1 Å². The zero-order valence-electron chi connectivity index (χ0n) is 19.9.